The van der Waals surface area contributed by atoms with Gasteiger partial charge in [0.25, 0.3) is 0 Å². The number of carbonyl (C=O) groups is 1. The van der Waals surface area contributed by atoms with Crippen molar-refractivity contribution < 1.29 is 18.7 Å². The summed E-state index contributed by atoms with van der Waals surface area (Å²) < 4.78 is 18.5. The maximum Gasteiger partial charge on any atom is 0.192 e. The van der Waals surface area contributed by atoms with Crippen LogP contribution in [0.5, 0.6) is 0 Å². The lowest BCUT2D eigenvalue weighted by atomic mass is 10.0. The van der Waals surface area contributed by atoms with Gasteiger partial charge in [0.05, 0.1) is 6.10 Å². The summed E-state index contributed by atoms with van der Waals surface area (Å²) in [6, 6.07) is 0. The second kappa shape index (κ2) is 8.48. The van der Waals surface area contributed by atoms with Crippen molar-refractivity contribution in [1.29, 1.82) is 0 Å². The molecule has 0 aromatic heterocycles. The Bertz CT molecular complexity index is 547. The van der Waals surface area contributed by atoms with Crippen molar-refractivity contribution in [3.8, 4) is 0 Å². The molecule has 4 atom stereocenters. The highest BCUT2D eigenvalue weighted by atomic mass is 28.4. The van der Waals surface area contributed by atoms with Crippen LogP contribution in [0.3, 0.4) is 0 Å². The first-order valence-electron chi connectivity index (χ1n) is 10.6. The van der Waals surface area contributed by atoms with Gasteiger partial charge in [-0.2, -0.15) is 0 Å². The largest absolute Gasteiger partial charge is 0.411 e. The molecule has 0 N–H and O–H groups in total. The van der Waals surface area contributed by atoms with Gasteiger partial charge in [-0.3, -0.25) is 4.79 Å². The quantitative estimate of drug-likeness (QED) is 0.303. The monoisotopic (exact) mass is 396 g/mol. The molecule has 0 aromatic carbocycles. The molecule has 0 unspecified atom stereocenters. The molecular formula is C22H40O4Si. The van der Waals surface area contributed by atoms with E-state index < -0.39 is 20.2 Å². The van der Waals surface area contributed by atoms with Gasteiger partial charge in [0.1, 0.15) is 12.2 Å². The zero-order valence-corrected chi connectivity index (χ0v) is 19.6. The molecular weight excluding hydrogens is 356 g/mol. The second-order valence-electron chi connectivity index (χ2n) is 10.2. The number of ether oxygens (including phenoxy) is 2. The Morgan fingerprint density at radius 2 is 1.93 bits per heavy atom. The lowest BCUT2D eigenvalue weighted by molar-refractivity contribution is -0.161. The molecule has 2 rings (SSSR count). The summed E-state index contributed by atoms with van der Waals surface area (Å²) in [5, 5.41) is 0.185. The molecule has 0 radical (unpaired) electrons. The van der Waals surface area contributed by atoms with Crippen LogP contribution in [0.1, 0.15) is 73.6 Å². The number of carbonyl (C=O) groups excluding carboxylic acids is 1. The normalized spacial score (nSPS) is 29.5. The van der Waals surface area contributed by atoms with E-state index in [1.165, 1.54) is 19.3 Å². The Kier molecular flexibility index (Phi) is 7.16. The summed E-state index contributed by atoms with van der Waals surface area (Å²) in [5.41, 5.74) is 0. The molecule has 0 aromatic rings. The Labute approximate surface area is 167 Å². The molecule has 27 heavy (non-hydrogen) atoms. The van der Waals surface area contributed by atoms with Crippen molar-refractivity contribution in [3.63, 3.8) is 0 Å². The van der Waals surface area contributed by atoms with Gasteiger partial charge in [0.15, 0.2) is 19.9 Å². The zero-order valence-electron chi connectivity index (χ0n) is 18.6. The first-order valence-corrected chi connectivity index (χ1v) is 13.5. The molecule has 1 aliphatic carbocycles. The third kappa shape index (κ3) is 5.75. The zero-order chi connectivity index (χ0) is 20.5. The molecule has 1 saturated heterocycles. The molecule has 0 spiro atoms. The molecule has 156 valence electrons. The summed E-state index contributed by atoms with van der Waals surface area (Å²) >= 11 is 0. The Morgan fingerprint density at radius 3 is 2.52 bits per heavy atom. The van der Waals surface area contributed by atoms with Crippen LogP contribution in [0.2, 0.25) is 18.1 Å². The van der Waals surface area contributed by atoms with E-state index in [1.54, 1.807) is 0 Å². The van der Waals surface area contributed by atoms with Crippen LogP contribution in [0.4, 0.5) is 0 Å². The van der Waals surface area contributed by atoms with Crippen molar-refractivity contribution in [1.82, 2.24) is 0 Å². The number of ketones is 1. The highest BCUT2D eigenvalue weighted by molar-refractivity contribution is 6.74. The lowest BCUT2D eigenvalue weighted by Gasteiger charge is -2.38. The predicted molar refractivity (Wildman–Crippen MR) is 112 cm³/mol. The van der Waals surface area contributed by atoms with Crippen LogP contribution in [0.15, 0.2) is 12.2 Å². The summed E-state index contributed by atoms with van der Waals surface area (Å²) in [4.78, 5) is 12.3. The van der Waals surface area contributed by atoms with E-state index in [2.05, 4.69) is 52.9 Å². The van der Waals surface area contributed by atoms with Crippen molar-refractivity contribution in [2.45, 2.75) is 116 Å². The number of unbranched alkanes of at least 4 members (excludes halogenated alkanes) is 2. The minimum absolute atomic E-state index is 0.0842. The number of hydrogen-bond acceptors (Lipinski definition) is 4. The van der Waals surface area contributed by atoms with E-state index in [0.717, 1.165) is 6.42 Å². The highest BCUT2D eigenvalue weighted by Crippen LogP contribution is 2.41. The molecule has 0 amide bonds. The van der Waals surface area contributed by atoms with Gasteiger partial charge in [-0.05, 0) is 38.4 Å². The third-order valence-corrected chi connectivity index (χ3v) is 10.7. The van der Waals surface area contributed by atoms with Crippen molar-refractivity contribution in [2.75, 3.05) is 0 Å². The van der Waals surface area contributed by atoms with Crippen LogP contribution in [-0.4, -0.2) is 38.2 Å². The molecule has 1 saturated carbocycles. The second-order valence-corrected chi connectivity index (χ2v) is 14.9. The van der Waals surface area contributed by atoms with Gasteiger partial charge in [0.2, 0.25) is 0 Å². The first-order chi connectivity index (χ1) is 12.4. The van der Waals surface area contributed by atoms with Crippen LogP contribution < -0.4 is 0 Å². The minimum Gasteiger partial charge on any atom is -0.411 e. The first kappa shape index (κ1) is 22.8. The highest BCUT2D eigenvalue weighted by Gasteiger charge is 2.52. The fraction of sp³-hybridized carbons (Fsp3) is 0.864. The fourth-order valence-electron chi connectivity index (χ4n) is 3.60. The van der Waals surface area contributed by atoms with Gasteiger partial charge in [-0.15, -0.1) is 0 Å². The van der Waals surface area contributed by atoms with Crippen molar-refractivity contribution in [2.24, 2.45) is 5.92 Å². The summed E-state index contributed by atoms with van der Waals surface area (Å²) in [6.45, 7) is 17.4. The van der Waals surface area contributed by atoms with Gasteiger partial charge in [0, 0.05) is 12.3 Å². The SMILES string of the molecule is CCCCC[C@@H](/C=C/[C@@H]1CC(=O)[C@H]2OC(C)(C)O[C@@H]12)O[Si](C)(C)C(C)(C)C. The molecule has 4 nitrogen and oxygen atoms in total. The maximum absolute atomic E-state index is 12.3. The average molecular weight is 397 g/mol. The van der Waals surface area contributed by atoms with Crippen molar-refractivity contribution in [3.05, 3.63) is 12.2 Å². The fourth-order valence-corrected chi connectivity index (χ4v) is 4.91. The molecule has 2 aliphatic rings. The Morgan fingerprint density at radius 1 is 1.26 bits per heavy atom. The predicted octanol–water partition coefficient (Wildman–Crippen LogP) is 5.62. The molecule has 1 aliphatic heterocycles. The summed E-state index contributed by atoms with van der Waals surface area (Å²) in [7, 11) is -1.84. The number of Topliss-reactive ketones (excluding diaryl/α,β-unsaturated/α-hetero) is 1. The maximum atomic E-state index is 12.3. The molecule has 0 bridgehead atoms. The van der Waals surface area contributed by atoms with Crippen LogP contribution >= 0.6 is 0 Å². The van der Waals surface area contributed by atoms with Crippen molar-refractivity contribution >= 4 is 14.1 Å². The average Bonchev–Trinajstić information content (AvgIpc) is 2.98. The van der Waals surface area contributed by atoms with E-state index in [9.17, 15) is 4.79 Å². The number of rotatable bonds is 8. The number of hydrogen-bond donors (Lipinski definition) is 0. The summed E-state index contributed by atoms with van der Waals surface area (Å²) in [6.07, 6.45) is 9.05. The van der Waals surface area contributed by atoms with Gasteiger partial charge in [-0.25, -0.2) is 0 Å². The molecule has 5 heteroatoms. The molecule has 1 heterocycles. The smallest absolute Gasteiger partial charge is 0.192 e. The van der Waals surface area contributed by atoms with E-state index in [1.807, 2.05) is 13.8 Å². The van der Waals surface area contributed by atoms with Crippen LogP contribution in [-0.2, 0) is 18.7 Å². The number of fused-ring (bicyclic) bond motifs is 1. The van der Waals surface area contributed by atoms with E-state index in [0.29, 0.717) is 6.42 Å². The molecule has 2 fully saturated rings. The van der Waals surface area contributed by atoms with Crippen LogP contribution in [0, 0.1) is 5.92 Å². The standard InChI is InChI=1S/C22H40O4Si/c1-9-10-11-12-17(26-27(7,8)21(2,3)4)14-13-16-15-18(23)20-19(16)24-22(5,6)25-20/h13-14,16-17,19-20H,9-12,15H2,1-8H3/b14-13+/t16-,17+,19+,20-/m1/s1. The van der Waals surface area contributed by atoms with Gasteiger partial charge < -0.3 is 13.9 Å². The Hall–Kier alpha value is -0.493. The topological polar surface area (TPSA) is 44.8 Å². The van der Waals surface area contributed by atoms with Crippen LogP contribution in [0.25, 0.3) is 0 Å². The Balaban J connectivity index is 2.08. The van der Waals surface area contributed by atoms with E-state index in [4.69, 9.17) is 13.9 Å². The lowest BCUT2D eigenvalue weighted by Crippen LogP contribution is -2.43. The minimum atomic E-state index is -1.84. The van der Waals surface area contributed by atoms with Gasteiger partial charge in [-0.1, -0.05) is 59.1 Å². The summed E-state index contributed by atoms with van der Waals surface area (Å²) in [5.74, 6) is -0.426. The van der Waals surface area contributed by atoms with Gasteiger partial charge >= 0.3 is 0 Å². The van der Waals surface area contributed by atoms with E-state index >= 15 is 0 Å². The van der Waals surface area contributed by atoms with E-state index in [-0.39, 0.29) is 28.9 Å². The third-order valence-electron chi connectivity index (χ3n) is 6.22.